The van der Waals surface area contributed by atoms with E-state index in [9.17, 15) is 18.5 Å². The summed E-state index contributed by atoms with van der Waals surface area (Å²) in [4.78, 5) is 17.1. The third-order valence-corrected chi connectivity index (χ3v) is 8.15. The number of nitro benzene ring substituents is 1. The highest BCUT2D eigenvalue weighted by atomic mass is 32.2. The summed E-state index contributed by atoms with van der Waals surface area (Å²) in [5, 5.41) is 13.7. The lowest BCUT2D eigenvalue weighted by atomic mass is 10.1. The van der Waals surface area contributed by atoms with Gasteiger partial charge in [-0.2, -0.15) is 4.31 Å². The Morgan fingerprint density at radius 3 is 2.48 bits per heavy atom. The molecule has 1 aromatic heterocycles. The van der Waals surface area contributed by atoms with Gasteiger partial charge in [-0.1, -0.05) is 6.07 Å². The first kappa shape index (κ1) is 23.0. The van der Waals surface area contributed by atoms with Crippen molar-refractivity contribution in [3.63, 3.8) is 0 Å². The van der Waals surface area contributed by atoms with Gasteiger partial charge in [-0.25, -0.2) is 13.4 Å². The number of nitro groups is 1. The Kier molecular flexibility index (Phi) is 6.49. The van der Waals surface area contributed by atoms with Crippen molar-refractivity contribution in [1.29, 1.82) is 0 Å². The van der Waals surface area contributed by atoms with Crippen LogP contribution >= 0.6 is 11.3 Å². The van der Waals surface area contributed by atoms with Crippen LogP contribution in [0.2, 0.25) is 0 Å². The van der Waals surface area contributed by atoms with E-state index in [1.54, 1.807) is 20.3 Å². The molecule has 4 rings (SSSR count). The molecule has 1 fully saturated rings. The van der Waals surface area contributed by atoms with Crippen molar-refractivity contribution in [3.8, 4) is 22.8 Å². The minimum Gasteiger partial charge on any atom is -0.497 e. The SMILES string of the molecule is COc1ccc(-c2csc(N3CCN(S(=O)(=O)c4cccc([N+](=O)[O-])c4)CC3)n2)c(OC)c1. The number of piperazine rings is 1. The second kappa shape index (κ2) is 9.33. The van der Waals surface area contributed by atoms with Crippen molar-refractivity contribution in [2.75, 3.05) is 45.3 Å². The maximum absolute atomic E-state index is 13.0. The van der Waals surface area contributed by atoms with Gasteiger partial charge < -0.3 is 14.4 Å². The predicted octanol–water partition coefficient (Wildman–Crippen LogP) is 3.25. The summed E-state index contributed by atoms with van der Waals surface area (Å²) in [7, 11) is -0.639. The Bertz CT molecular complexity index is 1270. The molecule has 0 aliphatic carbocycles. The first-order chi connectivity index (χ1) is 15.8. The van der Waals surface area contributed by atoms with Crippen LogP contribution in [0.5, 0.6) is 11.5 Å². The van der Waals surface area contributed by atoms with Crippen molar-refractivity contribution >= 4 is 32.2 Å². The zero-order valence-corrected chi connectivity index (χ0v) is 19.6. The molecule has 33 heavy (non-hydrogen) atoms. The average molecular weight is 491 g/mol. The van der Waals surface area contributed by atoms with Crippen LogP contribution in [0.3, 0.4) is 0 Å². The normalized spacial score (nSPS) is 14.8. The molecule has 0 spiro atoms. The predicted molar refractivity (Wildman–Crippen MR) is 125 cm³/mol. The van der Waals surface area contributed by atoms with Crippen LogP contribution in [0, 0.1) is 10.1 Å². The van der Waals surface area contributed by atoms with E-state index in [4.69, 9.17) is 14.5 Å². The van der Waals surface area contributed by atoms with Crippen LogP contribution in [0.4, 0.5) is 10.8 Å². The number of non-ortho nitro benzene ring substituents is 1. The standard InChI is InChI=1S/C21H22N4O6S2/c1-30-16-6-7-18(20(13-16)31-2)19-14-32-21(22-19)23-8-10-24(11-9-23)33(28,29)17-5-3-4-15(12-17)25(26)27/h3-7,12-14H,8-11H2,1-2H3. The minimum atomic E-state index is -3.82. The Balaban J connectivity index is 1.48. The second-order valence-electron chi connectivity index (χ2n) is 7.23. The fraction of sp³-hybridized carbons (Fsp3) is 0.286. The number of benzene rings is 2. The van der Waals surface area contributed by atoms with Crippen LogP contribution in [0.25, 0.3) is 11.3 Å². The maximum Gasteiger partial charge on any atom is 0.270 e. The number of sulfonamides is 1. The fourth-order valence-corrected chi connectivity index (χ4v) is 5.91. The van der Waals surface area contributed by atoms with Gasteiger partial charge in [0.1, 0.15) is 11.5 Å². The van der Waals surface area contributed by atoms with E-state index in [2.05, 4.69) is 0 Å². The van der Waals surface area contributed by atoms with Crippen molar-refractivity contribution in [2.24, 2.45) is 0 Å². The molecule has 174 valence electrons. The van der Waals surface area contributed by atoms with Gasteiger partial charge in [0, 0.05) is 55.3 Å². The van der Waals surface area contributed by atoms with Gasteiger partial charge in [-0.05, 0) is 18.2 Å². The number of rotatable bonds is 7. The van der Waals surface area contributed by atoms with E-state index >= 15 is 0 Å². The van der Waals surface area contributed by atoms with Crippen molar-refractivity contribution in [1.82, 2.24) is 9.29 Å². The van der Waals surface area contributed by atoms with Crippen molar-refractivity contribution in [2.45, 2.75) is 4.90 Å². The molecular formula is C21H22N4O6S2. The summed E-state index contributed by atoms with van der Waals surface area (Å²) in [5.74, 6) is 1.34. The van der Waals surface area contributed by atoms with E-state index in [1.165, 1.54) is 33.8 Å². The fourth-order valence-electron chi connectivity index (χ4n) is 3.57. The summed E-state index contributed by atoms with van der Waals surface area (Å²) in [5.41, 5.74) is 1.35. The number of ether oxygens (including phenoxy) is 2. The highest BCUT2D eigenvalue weighted by Gasteiger charge is 2.30. The number of nitrogens with zero attached hydrogens (tertiary/aromatic N) is 4. The van der Waals surface area contributed by atoms with Crippen LogP contribution in [-0.2, 0) is 10.0 Å². The molecule has 0 atom stereocenters. The molecule has 12 heteroatoms. The van der Waals surface area contributed by atoms with Gasteiger partial charge in [0.15, 0.2) is 5.13 Å². The number of anilines is 1. The third kappa shape index (κ3) is 4.63. The molecule has 10 nitrogen and oxygen atoms in total. The number of hydrogen-bond acceptors (Lipinski definition) is 9. The average Bonchev–Trinajstić information content (AvgIpc) is 3.34. The zero-order chi connectivity index (χ0) is 23.6. The summed E-state index contributed by atoms with van der Waals surface area (Å²) in [6, 6.07) is 10.7. The lowest BCUT2D eigenvalue weighted by Crippen LogP contribution is -2.48. The first-order valence-corrected chi connectivity index (χ1v) is 12.3. The van der Waals surface area contributed by atoms with Gasteiger partial charge in [-0.3, -0.25) is 10.1 Å². The number of thiazole rings is 1. The second-order valence-corrected chi connectivity index (χ2v) is 10.0. The van der Waals surface area contributed by atoms with Gasteiger partial charge in [-0.15, -0.1) is 11.3 Å². The Morgan fingerprint density at radius 2 is 1.82 bits per heavy atom. The van der Waals surface area contributed by atoms with Gasteiger partial charge in [0.25, 0.3) is 5.69 Å². The van der Waals surface area contributed by atoms with Crippen LogP contribution in [0.1, 0.15) is 0 Å². The van der Waals surface area contributed by atoms with Crippen LogP contribution < -0.4 is 14.4 Å². The topological polar surface area (TPSA) is 115 Å². The minimum absolute atomic E-state index is 0.0757. The largest absolute Gasteiger partial charge is 0.497 e. The van der Waals surface area contributed by atoms with E-state index < -0.39 is 14.9 Å². The molecule has 0 amide bonds. The molecule has 0 bridgehead atoms. The van der Waals surface area contributed by atoms with E-state index in [-0.39, 0.29) is 23.7 Å². The number of aromatic nitrogens is 1. The summed E-state index contributed by atoms with van der Waals surface area (Å²) in [6.07, 6.45) is 0. The molecule has 1 aliphatic heterocycles. The zero-order valence-electron chi connectivity index (χ0n) is 18.0. The summed E-state index contributed by atoms with van der Waals surface area (Å²) < 4.78 is 38.0. The molecule has 2 aromatic carbocycles. The monoisotopic (exact) mass is 490 g/mol. The highest BCUT2D eigenvalue weighted by Crippen LogP contribution is 2.36. The van der Waals surface area contributed by atoms with Gasteiger partial charge in [0.05, 0.1) is 29.7 Å². The molecule has 1 saturated heterocycles. The van der Waals surface area contributed by atoms with Crippen molar-refractivity contribution < 1.29 is 22.8 Å². The van der Waals surface area contributed by atoms with Crippen LogP contribution in [0.15, 0.2) is 52.7 Å². The van der Waals surface area contributed by atoms with Gasteiger partial charge >= 0.3 is 0 Å². The smallest absolute Gasteiger partial charge is 0.270 e. The van der Waals surface area contributed by atoms with Gasteiger partial charge in [0.2, 0.25) is 10.0 Å². The highest BCUT2D eigenvalue weighted by molar-refractivity contribution is 7.89. The number of methoxy groups -OCH3 is 2. The Morgan fingerprint density at radius 1 is 1.06 bits per heavy atom. The van der Waals surface area contributed by atoms with E-state index in [0.29, 0.717) is 24.6 Å². The molecule has 0 radical (unpaired) electrons. The van der Waals surface area contributed by atoms with Crippen molar-refractivity contribution in [3.05, 3.63) is 58.0 Å². The lowest BCUT2D eigenvalue weighted by Gasteiger charge is -2.33. The third-order valence-electron chi connectivity index (χ3n) is 5.35. The molecular weight excluding hydrogens is 468 g/mol. The summed E-state index contributed by atoms with van der Waals surface area (Å²) >= 11 is 1.48. The summed E-state index contributed by atoms with van der Waals surface area (Å²) in [6.45, 7) is 1.43. The lowest BCUT2D eigenvalue weighted by molar-refractivity contribution is -0.385. The number of hydrogen-bond donors (Lipinski definition) is 0. The molecule has 2 heterocycles. The van der Waals surface area contributed by atoms with E-state index in [0.717, 1.165) is 22.5 Å². The molecule has 3 aromatic rings. The maximum atomic E-state index is 13.0. The van der Waals surface area contributed by atoms with Crippen LogP contribution in [-0.4, -0.2) is 63.0 Å². The molecule has 0 unspecified atom stereocenters. The molecule has 0 N–H and O–H groups in total. The van der Waals surface area contributed by atoms with E-state index in [1.807, 2.05) is 22.4 Å². The molecule has 0 saturated carbocycles. The first-order valence-electron chi connectivity index (χ1n) is 10.0. The Hall–Kier alpha value is -3.22. The quantitative estimate of drug-likeness (QED) is 0.366. The Labute approximate surface area is 195 Å². The molecule has 1 aliphatic rings.